The van der Waals surface area contributed by atoms with Crippen LogP contribution in [0.3, 0.4) is 0 Å². The summed E-state index contributed by atoms with van der Waals surface area (Å²) in [5.74, 6) is 1.02. The van der Waals surface area contributed by atoms with Crippen LogP contribution in [0.25, 0.3) is 0 Å². The van der Waals surface area contributed by atoms with E-state index in [0.717, 1.165) is 71.6 Å². The van der Waals surface area contributed by atoms with E-state index in [2.05, 4.69) is 12.2 Å². The van der Waals surface area contributed by atoms with Gasteiger partial charge in [-0.3, -0.25) is 14.5 Å². The highest BCUT2D eigenvalue weighted by Gasteiger charge is 2.29. The second kappa shape index (κ2) is 10.8. The fraction of sp³-hybridized carbons (Fsp3) is 0.583. The second-order valence-corrected chi connectivity index (χ2v) is 8.69. The van der Waals surface area contributed by atoms with Crippen LogP contribution in [0, 0.1) is 5.92 Å². The number of benzene rings is 1. The first-order valence-electron chi connectivity index (χ1n) is 11.6. The van der Waals surface area contributed by atoms with Crippen molar-refractivity contribution in [3.8, 4) is 5.75 Å². The molecule has 1 aliphatic carbocycles. The van der Waals surface area contributed by atoms with Crippen LogP contribution >= 0.6 is 0 Å². The van der Waals surface area contributed by atoms with Gasteiger partial charge in [0.05, 0.1) is 25.4 Å². The maximum absolute atomic E-state index is 13.4. The first-order valence-corrected chi connectivity index (χ1v) is 11.6. The van der Waals surface area contributed by atoms with Crippen LogP contribution in [0.15, 0.2) is 36.4 Å². The second-order valence-electron chi connectivity index (χ2n) is 8.69. The summed E-state index contributed by atoms with van der Waals surface area (Å²) in [7, 11) is 0. The summed E-state index contributed by atoms with van der Waals surface area (Å²) >= 11 is 0. The number of carbonyl (C=O) groups is 2. The number of ether oxygens (including phenoxy) is 2. The molecule has 2 amide bonds. The van der Waals surface area contributed by atoms with E-state index >= 15 is 0 Å². The lowest BCUT2D eigenvalue weighted by molar-refractivity contribution is -0.908. The number of fused-ring (bicyclic) bond motifs is 1. The number of hydrogen-bond acceptors (Lipinski definition) is 4. The van der Waals surface area contributed by atoms with Crippen LogP contribution in [0.4, 0.5) is 5.69 Å². The van der Waals surface area contributed by atoms with Crippen LogP contribution < -0.4 is 14.5 Å². The largest absolute Gasteiger partial charge is 0.482 e. The van der Waals surface area contributed by atoms with E-state index in [1.165, 1.54) is 0 Å². The standard InChI is InChI=1S/C24H33N3O4/c28-23(18-27-21-9-4-5-10-22(21)31-19-24(27)29)26(17-20-7-2-1-3-8-20)12-6-11-25-13-15-30-16-14-25/h1-2,4-5,9-10,20H,3,6-8,11-19H2/p+1/t20-/m0/s1. The van der Waals surface area contributed by atoms with Crippen LogP contribution in [-0.2, 0) is 14.3 Å². The van der Waals surface area contributed by atoms with E-state index in [9.17, 15) is 9.59 Å². The molecule has 1 saturated heterocycles. The number of morpholine rings is 1. The summed E-state index contributed by atoms with van der Waals surface area (Å²) in [6, 6.07) is 7.44. The molecule has 0 radical (unpaired) electrons. The van der Waals surface area contributed by atoms with Gasteiger partial charge in [0, 0.05) is 19.5 Å². The van der Waals surface area contributed by atoms with Gasteiger partial charge in [-0.1, -0.05) is 24.3 Å². The van der Waals surface area contributed by atoms with E-state index in [1.807, 2.05) is 29.2 Å². The van der Waals surface area contributed by atoms with Crippen molar-refractivity contribution in [2.24, 2.45) is 5.92 Å². The molecule has 4 rings (SSSR count). The van der Waals surface area contributed by atoms with E-state index in [4.69, 9.17) is 9.47 Å². The molecular weight excluding hydrogens is 394 g/mol. The molecular formula is C24H34N3O4+. The minimum absolute atomic E-state index is 0.0158. The Bertz CT molecular complexity index is 791. The van der Waals surface area contributed by atoms with Gasteiger partial charge in [0.15, 0.2) is 6.61 Å². The molecule has 2 heterocycles. The third-order valence-corrected chi connectivity index (χ3v) is 6.47. The zero-order valence-corrected chi connectivity index (χ0v) is 18.3. The van der Waals surface area contributed by atoms with Crippen molar-refractivity contribution in [3.63, 3.8) is 0 Å². The third kappa shape index (κ3) is 5.86. The van der Waals surface area contributed by atoms with Crippen molar-refractivity contribution in [3.05, 3.63) is 36.4 Å². The van der Waals surface area contributed by atoms with Gasteiger partial charge in [0.2, 0.25) is 5.91 Å². The van der Waals surface area contributed by atoms with E-state index in [-0.39, 0.29) is 25.0 Å². The van der Waals surface area contributed by atoms with Gasteiger partial charge < -0.3 is 19.3 Å². The van der Waals surface area contributed by atoms with Crippen molar-refractivity contribution >= 4 is 17.5 Å². The van der Waals surface area contributed by atoms with Crippen molar-refractivity contribution < 1.29 is 24.0 Å². The zero-order chi connectivity index (χ0) is 21.5. The topological polar surface area (TPSA) is 63.5 Å². The summed E-state index contributed by atoms with van der Waals surface area (Å²) < 4.78 is 11.0. The lowest BCUT2D eigenvalue weighted by Gasteiger charge is -2.33. The molecule has 1 atom stereocenters. The molecule has 7 nitrogen and oxygen atoms in total. The van der Waals surface area contributed by atoms with E-state index < -0.39 is 0 Å². The summed E-state index contributed by atoms with van der Waals surface area (Å²) in [6.45, 7) is 6.35. The molecule has 2 aliphatic heterocycles. The number of para-hydroxylation sites is 2. The maximum Gasteiger partial charge on any atom is 0.265 e. The molecule has 1 aromatic rings. The smallest absolute Gasteiger partial charge is 0.265 e. The molecule has 1 fully saturated rings. The Morgan fingerprint density at radius 2 is 2.03 bits per heavy atom. The number of hydrogen-bond donors (Lipinski definition) is 1. The van der Waals surface area contributed by atoms with E-state index in [1.54, 1.807) is 9.80 Å². The summed E-state index contributed by atoms with van der Waals surface area (Å²) in [5, 5.41) is 0. The van der Waals surface area contributed by atoms with Crippen molar-refractivity contribution in [1.29, 1.82) is 0 Å². The molecule has 168 valence electrons. The molecule has 0 bridgehead atoms. The molecule has 1 aromatic carbocycles. The summed E-state index contributed by atoms with van der Waals surface area (Å²) in [6.07, 6.45) is 8.66. The SMILES string of the molecule is O=C(CN1C(=O)COc2ccccc21)N(CCC[NH+]1CCOCC1)C[C@H]1CC=CCC1. The van der Waals surface area contributed by atoms with Gasteiger partial charge in [0.1, 0.15) is 25.4 Å². The fourth-order valence-corrected chi connectivity index (χ4v) is 4.64. The number of allylic oxidation sites excluding steroid dienone is 2. The van der Waals surface area contributed by atoms with E-state index in [0.29, 0.717) is 17.4 Å². The highest BCUT2D eigenvalue weighted by Crippen LogP contribution is 2.31. The first-order chi connectivity index (χ1) is 15.2. The highest BCUT2D eigenvalue weighted by atomic mass is 16.5. The number of rotatable bonds is 8. The Hall–Kier alpha value is -2.38. The van der Waals surface area contributed by atoms with Crippen LogP contribution in [0.5, 0.6) is 5.75 Å². The molecule has 0 unspecified atom stereocenters. The van der Waals surface area contributed by atoms with Crippen LogP contribution in [0.1, 0.15) is 25.7 Å². The zero-order valence-electron chi connectivity index (χ0n) is 18.3. The quantitative estimate of drug-likeness (QED) is 0.625. The number of nitrogens with one attached hydrogen (secondary N) is 1. The van der Waals surface area contributed by atoms with Gasteiger partial charge in [-0.2, -0.15) is 0 Å². The molecule has 3 aliphatic rings. The number of quaternary nitrogens is 1. The van der Waals surface area contributed by atoms with Gasteiger partial charge >= 0.3 is 0 Å². The Morgan fingerprint density at radius 1 is 1.19 bits per heavy atom. The summed E-state index contributed by atoms with van der Waals surface area (Å²) in [5.41, 5.74) is 0.686. The van der Waals surface area contributed by atoms with Gasteiger partial charge in [-0.25, -0.2) is 0 Å². The number of anilines is 1. The average Bonchev–Trinajstić information content (AvgIpc) is 2.81. The lowest BCUT2D eigenvalue weighted by atomic mass is 9.94. The number of carbonyl (C=O) groups excluding carboxylic acids is 2. The third-order valence-electron chi connectivity index (χ3n) is 6.47. The fourth-order valence-electron chi connectivity index (χ4n) is 4.64. The first kappa shape index (κ1) is 21.8. The van der Waals surface area contributed by atoms with Crippen LogP contribution in [0.2, 0.25) is 0 Å². The number of nitrogens with zero attached hydrogens (tertiary/aromatic N) is 2. The molecule has 0 spiro atoms. The molecule has 31 heavy (non-hydrogen) atoms. The monoisotopic (exact) mass is 428 g/mol. The molecule has 7 heteroatoms. The Labute approximate surface area is 184 Å². The van der Waals surface area contributed by atoms with Gasteiger partial charge in [0.25, 0.3) is 5.91 Å². The number of amides is 2. The predicted molar refractivity (Wildman–Crippen MR) is 118 cm³/mol. The maximum atomic E-state index is 13.4. The highest BCUT2D eigenvalue weighted by molar-refractivity contribution is 6.02. The van der Waals surface area contributed by atoms with Crippen molar-refractivity contribution in [2.75, 3.05) is 64.0 Å². The Kier molecular flexibility index (Phi) is 7.59. The lowest BCUT2D eigenvalue weighted by Crippen LogP contribution is -3.14. The minimum atomic E-state index is -0.162. The average molecular weight is 429 g/mol. The van der Waals surface area contributed by atoms with Crippen molar-refractivity contribution in [1.82, 2.24) is 4.90 Å². The summed E-state index contributed by atoms with van der Waals surface area (Å²) in [4.78, 5) is 31.0. The minimum Gasteiger partial charge on any atom is -0.482 e. The van der Waals surface area contributed by atoms with Gasteiger partial charge in [-0.05, 0) is 37.3 Å². The molecule has 0 saturated carbocycles. The van der Waals surface area contributed by atoms with Crippen molar-refractivity contribution in [2.45, 2.75) is 25.7 Å². The molecule has 1 N–H and O–H groups in total. The predicted octanol–water partition coefficient (Wildman–Crippen LogP) is 0.902. The Balaban J connectivity index is 1.40. The Morgan fingerprint density at radius 3 is 2.84 bits per heavy atom. The van der Waals surface area contributed by atoms with Crippen LogP contribution in [-0.4, -0.2) is 75.8 Å². The van der Waals surface area contributed by atoms with Gasteiger partial charge in [-0.15, -0.1) is 0 Å². The normalized spacial score (nSPS) is 21.5. The molecule has 0 aromatic heterocycles.